The first-order valence-electron chi connectivity index (χ1n) is 39.1. The summed E-state index contributed by atoms with van der Waals surface area (Å²) in [7, 11) is -6.27. The standard InChI is InChI=1S/C16H12N4OS.C16H15N3O4S2.C16H15N3O3S2.C15H12N4O2S.C15H14N4OS.C14H11N3OS/c17-6-5-9-1-3-10(4-2-9)13-7-11-14(22-13)12(16(19)21)8-20-15(11)18;1-25(21,22)8-23-10-4-2-9(3-5-10)13-6-11-14(24-13)12(16(18)20)7-19-15(11)17;1-24(21,22)8-9-2-4-10(5-3-9)13-6-11-14(23-13)12(16(18)20)7-19-15(11)17;16-13-9-5-11(7-1-3-8(4-2-7)14(17)20)22-12(9)10(6-19-13)15(18)21;16-6-8-1-3-9(4-2-8)12-5-10-13(21-12)11(15(18)20)7-19-14(10)17;15-13-9-6-11(8-4-2-1-3-5-8)19-12(9)10(7-17-13)14(16)18/h1-4,7-8H,5H2,(H2,18,20)(H2,19,21);2-7H,8H2,1H3,(H2,17,19)(H2,18,20);2-7H,8H2,1H3,(H2,17,19)(H2,18,20);1-6H,(H2,16,19)(H2,17,20)(H2,18,21);1-5,7H,6,16H2,(H2,17,19)(H2,18,20);1-7H,(H2,15,17)(H2,16,18). The molecule has 18 aromatic rings. The van der Waals surface area contributed by atoms with Gasteiger partial charge in [-0.2, -0.15) is 5.26 Å². The van der Waals surface area contributed by atoms with Gasteiger partial charge in [0.25, 0.3) is 35.4 Å². The van der Waals surface area contributed by atoms with Gasteiger partial charge in [0.2, 0.25) is 5.91 Å². The number of ether oxygens (including phenoxy) is 1. The summed E-state index contributed by atoms with van der Waals surface area (Å²) in [6, 6.07) is 60.2. The van der Waals surface area contributed by atoms with Crippen LogP contribution in [0.15, 0.2) is 225 Å². The molecule has 7 amide bonds. The Morgan fingerprint density at radius 2 is 0.564 bits per heavy atom. The van der Waals surface area contributed by atoms with Crippen LogP contribution in [0.1, 0.15) is 89.2 Å². The van der Waals surface area contributed by atoms with Gasteiger partial charge < -0.3 is 85.0 Å². The second-order valence-electron chi connectivity index (χ2n) is 29.4. The van der Waals surface area contributed by atoms with Crippen molar-refractivity contribution < 1.29 is 55.1 Å². The number of hydrogen-bond acceptors (Lipinski definition) is 32. The van der Waals surface area contributed by atoms with E-state index in [0.29, 0.717) is 123 Å². The average Bonchev–Trinajstić information content (AvgIpc) is 1.69. The van der Waals surface area contributed by atoms with E-state index in [1.807, 2.05) is 127 Å². The van der Waals surface area contributed by atoms with Crippen LogP contribution in [0.4, 0.5) is 34.9 Å². The van der Waals surface area contributed by atoms with Crippen molar-refractivity contribution in [1.29, 1.82) is 5.26 Å². The fraction of sp³-hybridized carbons (Fsp3) is 0.0652. The molecule has 33 nitrogen and oxygen atoms in total. The molecule has 0 bridgehead atoms. The number of hydrogen-bond donors (Lipinski definition) is 14. The molecular formula is C92H79N21O12S8. The van der Waals surface area contributed by atoms with Gasteiger partial charge >= 0.3 is 0 Å². The molecule has 12 heterocycles. The first-order valence-corrected chi connectivity index (χ1v) is 48.1. The van der Waals surface area contributed by atoms with Crippen molar-refractivity contribution in [3.63, 3.8) is 0 Å². The van der Waals surface area contributed by atoms with Crippen LogP contribution in [0.5, 0.6) is 5.75 Å². The summed E-state index contributed by atoms with van der Waals surface area (Å²) >= 11 is 8.61. The third-order valence-corrected chi connectivity index (χ3v) is 28.6. The number of carbonyl (C=O) groups excluding carboxylic acids is 7. The Morgan fingerprint density at radius 1 is 0.323 bits per heavy atom. The number of primary amides is 7. The van der Waals surface area contributed by atoms with E-state index in [1.165, 1.54) is 111 Å². The molecule has 0 aliphatic rings. The van der Waals surface area contributed by atoms with E-state index < -0.39 is 61.0 Å². The summed E-state index contributed by atoms with van der Waals surface area (Å²) in [5.41, 5.74) is 89.6. The smallest absolute Gasteiger partial charge is 0.251 e. The van der Waals surface area contributed by atoms with E-state index in [2.05, 4.69) is 36.0 Å². The summed E-state index contributed by atoms with van der Waals surface area (Å²) in [6.45, 7) is 0.509. The van der Waals surface area contributed by atoms with Crippen molar-refractivity contribution in [2.24, 2.45) is 45.9 Å². The van der Waals surface area contributed by atoms with Crippen LogP contribution in [-0.2, 0) is 38.4 Å². The molecule has 0 saturated heterocycles. The molecule has 0 fully saturated rings. The Hall–Kier alpha value is -15.8. The monoisotopic (exact) mass is 1930 g/mol. The van der Waals surface area contributed by atoms with E-state index in [0.717, 1.165) is 116 Å². The first-order chi connectivity index (χ1) is 63.3. The lowest BCUT2D eigenvalue weighted by atomic mass is 10.1. The Balaban J connectivity index is 0.000000136. The highest BCUT2D eigenvalue weighted by atomic mass is 32.2. The largest absolute Gasteiger partial charge is 0.478 e. The number of anilines is 6. The van der Waals surface area contributed by atoms with Gasteiger partial charge in [0, 0.05) is 123 Å². The van der Waals surface area contributed by atoms with E-state index >= 15 is 0 Å². The molecular weight excluding hydrogens is 1850 g/mol. The molecule has 12 aromatic heterocycles. The maximum absolute atomic E-state index is 11.6. The Labute approximate surface area is 781 Å². The van der Waals surface area contributed by atoms with Gasteiger partial charge in [-0.1, -0.05) is 115 Å². The van der Waals surface area contributed by atoms with Crippen LogP contribution in [-0.4, -0.2) is 107 Å². The molecule has 0 aliphatic carbocycles. The number of nitrogen functional groups attached to an aromatic ring is 6. The maximum Gasteiger partial charge on any atom is 0.251 e. The summed E-state index contributed by atoms with van der Waals surface area (Å²) < 4.78 is 54.6. The van der Waals surface area contributed by atoms with Crippen LogP contribution in [0.2, 0.25) is 0 Å². The number of fused-ring (bicyclic) bond motifs is 6. The van der Waals surface area contributed by atoms with Crippen molar-refractivity contribution in [3.05, 3.63) is 281 Å². The van der Waals surface area contributed by atoms with Crippen molar-refractivity contribution in [1.82, 2.24) is 29.9 Å². The topological polar surface area (TPSA) is 662 Å². The van der Waals surface area contributed by atoms with Gasteiger partial charge in [-0.05, 0) is 123 Å². The van der Waals surface area contributed by atoms with E-state index in [9.17, 15) is 50.4 Å². The molecule has 0 aliphatic heterocycles. The average molecular weight is 1930 g/mol. The highest BCUT2D eigenvalue weighted by Gasteiger charge is 2.23. The molecule has 0 radical (unpaired) electrons. The van der Waals surface area contributed by atoms with Gasteiger partial charge in [0.15, 0.2) is 25.6 Å². The predicted molar refractivity (Wildman–Crippen MR) is 533 cm³/mol. The number of pyridine rings is 6. The Bertz CT molecular complexity index is 7880. The molecule has 0 unspecified atom stereocenters. The molecule has 18 rings (SSSR count). The SMILES string of the molecule is CS(=O)(=O)COc1ccc(-c2cc3c(N)ncc(C(N)=O)c3s2)cc1.CS(=O)(=O)Cc1ccc(-c2cc3c(N)ncc(C(N)=O)c3s2)cc1.N#CCc1ccc(-c2cc3c(N)ncc(C(N)=O)c3s2)cc1.NC(=O)c1ccc(-c2cc3c(N)ncc(C(N)=O)c3s2)cc1.NC(=O)c1cnc(N)c2cc(-c3ccccc3)sc12.NCc1ccc(-c2cc3c(N)ncc(C(N)=O)c3s2)cc1. The zero-order valence-electron chi connectivity index (χ0n) is 70.1. The van der Waals surface area contributed by atoms with Crippen LogP contribution >= 0.6 is 68.0 Å². The normalized spacial score (nSPS) is 11.1. The molecule has 133 heavy (non-hydrogen) atoms. The minimum Gasteiger partial charge on any atom is -0.478 e. The number of sulfone groups is 2. The van der Waals surface area contributed by atoms with Crippen LogP contribution in [0, 0.1) is 11.3 Å². The van der Waals surface area contributed by atoms with Crippen LogP contribution in [0.3, 0.4) is 0 Å². The van der Waals surface area contributed by atoms with Gasteiger partial charge in [0.05, 0.1) is 79.8 Å². The van der Waals surface area contributed by atoms with E-state index in [1.54, 1.807) is 60.7 Å². The molecule has 672 valence electrons. The number of nitrogens with two attached hydrogens (primary N) is 14. The second kappa shape index (κ2) is 40.5. The highest BCUT2D eigenvalue weighted by molar-refractivity contribution is 7.90. The van der Waals surface area contributed by atoms with E-state index in [4.69, 9.17) is 90.3 Å². The quantitative estimate of drug-likeness (QED) is 0.0337. The lowest BCUT2D eigenvalue weighted by Crippen LogP contribution is -2.11. The van der Waals surface area contributed by atoms with Gasteiger partial charge in [-0.15, -0.1) is 68.0 Å². The van der Waals surface area contributed by atoms with Crippen molar-refractivity contribution in [3.8, 4) is 74.5 Å². The number of nitrogens with zero attached hydrogens (tertiary/aromatic N) is 7. The lowest BCUT2D eigenvalue weighted by molar-refractivity contribution is 0.0992. The first kappa shape index (κ1) is 94.8. The van der Waals surface area contributed by atoms with Gasteiger partial charge in [0.1, 0.15) is 40.7 Å². The summed E-state index contributed by atoms with van der Waals surface area (Å²) in [6.07, 6.45) is 11.1. The maximum atomic E-state index is 11.6. The number of thiophene rings is 6. The number of rotatable bonds is 20. The molecule has 28 N–H and O–H groups in total. The van der Waals surface area contributed by atoms with Crippen molar-refractivity contribution >= 4 is 224 Å². The summed E-state index contributed by atoms with van der Waals surface area (Å²) in [4.78, 5) is 110. The third-order valence-electron chi connectivity index (χ3n) is 19.9. The third kappa shape index (κ3) is 22.4. The number of amides is 7. The number of carbonyl (C=O) groups is 7. The van der Waals surface area contributed by atoms with Crippen molar-refractivity contribution in [2.75, 3.05) is 52.9 Å². The lowest BCUT2D eigenvalue weighted by Gasteiger charge is -2.05. The fourth-order valence-electron chi connectivity index (χ4n) is 13.2. The summed E-state index contributed by atoms with van der Waals surface area (Å²) in [5, 5.41) is 13.0. The highest BCUT2D eigenvalue weighted by Crippen LogP contribution is 2.44. The molecule has 0 atom stereocenters. The second-order valence-corrected chi connectivity index (χ2v) is 39.9. The number of benzene rings is 6. The van der Waals surface area contributed by atoms with Gasteiger partial charge in [-0.25, -0.2) is 46.7 Å². The minimum absolute atomic E-state index is 0.00237. The fourth-order valence-corrected chi connectivity index (χ4v) is 21.5. The molecule has 6 aromatic carbocycles. The Morgan fingerprint density at radius 3 is 0.797 bits per heavy atom. The Kier molecular flexibility index (Phi) is 28.9. The minimum atomic E-state index is -3.20. The zero-order valence-corrected chi connectivity index (χ0v) is 76.6. The molecule has 0 spiro atoms. The zero-order chi connectivity index (χ0) is 95.6. The van der Waals surface area contributed by atoms with Crippen molar-refractivity contribution in [2.45, 2.75) is 18.7 Å². The van der Waals surface area contributed by atoms with Crippen LogP contribution < -0.4 is 85.0 Å². The van der Waals surface area contributed by atoms with Gasteiger partial charge in [-0.3, -0.25) is 33.6 Å². The number of aromatic nitrogens is 6. The van der Waals surface area contributed by atoms with Crippen LogP contribution in [0.25, 0.3) is 123 Å². The molecule has 0 saturated carbocycles. The molecule has 41 heteroatoms. The van der Waals surface area contributed by atoms with E-state index in [-0.39, 0.29) is 11.7 Å². The predicted octanol–water partition coefficient (Wildman–Crippen LogP) is 13.4. The number of nitriles is 1. The summed E-state index contributed by atoms with van der Waals surface area (Å²) in [5.74, 6) is -1.36.